The van der Waals surface area contributed by atoms with Gasteiger partial charge in [-0.15, -0.1) is 0 Å². The number of nitrogens with zero attached hydrogens (tertiary/aromatic N) is 1. The van der Waals surface area contributed by atoms with Crippen molar-refractivity contribution in [1.29, 1.82) is 0 Å². The Kier molecular flexibility index (Phi) is 4.33. The van der Waals surface area contributed by atoms with E-state index in [1.165, 1.54) is 6.07 Å². The van der Waals surface area contributed by atoms with Gasteiger partial charge in [0.25, 0.3) is 5.91 Å². The fraction of sp³-hybridized carbons (Fsp3) is 0.462. The number of thioether (sulfide) groups is 1. The molecule has 18 heavy (non-hydrogen) atoms. The third-order valence-corrected chi connectivity index (χ3v) is 5.26. The first-order chi connectivity index (χ1) is 8.50. The third kappa shape index (κ3) is 2.72. The van der Waals surface area contributed by atoms with E-state index in [4.69, 9.17) is 0 Å². The second-order valence-corrected chi connectivity index (χ2v) is 6.78. The fourth-order valence-corrected chi connectivity index (χ4v) is 3.49. The largest absolute Gasteiger partial charge is 0.334 e. The van der Waals surface area contributed by atoms with Gasteiger partial charge in [0.05, 0.1) is 4.47 Å². The van der Waals surface area contributed by atoms with Gasteiger partial charge < -0.3 is 4.90 Å². The number of amides is 1. The Morgan fingerprint density at radius 2 is 2.22 bits per heavy atom. The monoisotopic (exact) mass is 331 g/mol. The zero-order valence-corrected chi connectivity index (χ0v) is 12.7. The molecule has 1 fully saturated rings. The molecular weight excluding hydrogens is 317 g/mol. The van der Waals surface area contributed by atoms with Gasteiger partial charge in [-0.1, -0.05) is 6.92 Å². The van der Waals surface area contributed by atoms with Crippen LogP contribution in [0.4, 0.5) is 4.39 Å². The summed E-state index contributed by atoms with van der Waals surface area (Å²) in [6, 6.07) is 4.63. The summed E-state index contributed by atoms with van der Waals surface area (Å²) < 4.78 is 13.5. The smallest absolute Gasteiger partial charge is 0.254 e. The highest BCUT2D eigenvalue weighted by molar-refractivity contribution is 9.10. The van der Waals surface area contributed by atoms with Gasteiger partial charge in [0.15, 0.2) is 0 Å². The van der Waals surface area contributed by atoms with Crippen LogP contribution in [0.5, 0.6) is 0 Å². The molecule has 0 saturated carbocycles. The Morgan fingerprint density at radius 3 is 2.89 bits per heavy atom. The van der Waals surface area contributed by atoms with Gasteiger partial charge in [0.1, 0.15) is 5.82 Å². The van der Waals surface area contributed by atoms with Crippen LogP contribution in [-0.2, 0) is 0 Å². The Hall–Kier alpha value is -0.550. The molecule has 98 valence electrons. The van der Waals surface area contributed by atoms with Crippen molar-refractivity contribution >= 4 is 33.6 Å². The average Bonchev–Trinajstić information content (AvgIpc) is 2.35. The minimum absolute atomic E-state index is 0.0182. The van der Waals surface area contributed by atoms with Crippen LogP contribution in [-0.4, -0.2) is 34.4 Å². The van der Waals surface area contributed by atoms with E-state index in [-0.39, 0.29) is 17.8 Å². The Labute approximate surface area is 119 Å². The van der Waals surface area contributed by atoms with Crippen LogP contribution in [0, 0.1) is 5.82 Å². The van der Waals surface area contributed by atoms with E-state index < -0.39 is 0 Å². The average molecular weight is 332 g/mol. The topological polar surface area (TPSA) is 20.3 Å². The molecule has 1 aromatic carbocycles. The fourth-order valence-electron chi connectivity index (χ4n) is 2.01. The van der Waals surface area contributed by atoms with Gasteiger partial charge in [-0.25, -0.2) is 4.39 Å². The lowest BCUT2D eigenvalue weighted by Gasteiger charge is -2.37. The first-order valence-corrected chi connectivity index (χ1v) is 7.72. The molecule has 1 aromatic rings. The Morgan fingerprint density at radius 1 is 1.50 bits per heavy atom. The SMILES string of the molecule is CC1SCCN(C(=O)c2ccc(F)c(Br)c2)C1C. The number of hydrogen-bond acceptors (Lipinski definition) is 2. The summed E-state index contributed by atoms with van der Waals surface area (Å²) in [5.41, 5.74) is 0.536. The van der Waals surface area contributed by atoms with Crippen LogP contribution in [0.25, 0.3) is 0 Å². The lowest BCUT2D eigenvalue weighted by atomic mass is 10.1. The van der Waals surface area contributed by atoms with E-state index in [0.29, 0.717) is 15.3 Å². The minimum Gasteiger partial charge on any atom is -0.334 e. The Bertz CT molecular complexity index is 468. The molecule has 2 atom stereocenters. The van der Waals surface area contributed by atoms with Gasteiger partial charge in [0, 0.05) is 29.2 Å². The van der Waals surface area contributed by atoms with Crippen LogP contribution in [0.2, 0.25) is 0 Å². The van der Waals surface area contributed by atoms with Crippen molar-refractivity contribution in [1.82, 2.24) is 4.90 Å². The summed E-state index contributed by atoms with van der Waals surface area (Å²) in [6.45, 7) is 4.95. The zero-order chi connectivity index (χ0) is 13.3. The van der Waals surface area contributed by atoms with Crippen molar-refractivity contribution < 1.29 is 9.18 Å². The second-order valence-electron chi connectivity index (χ2n) is 4.44. The predicted molar refractivity (Wildman–Crippen MR) is 76.5 cm³/mol. The van der Waals surface area contributed by atoms with Crippen LogP contribution >= 0.6 is 27.7 Å². The third-order valence-electron chi connectivity index (χ3n) is 3.31. The van der Waals surface area contributed by atoms with Gasteiger partial charge in [-0.2, -0.15) is 11.8 Å². The van der Waals surface area contributed by atoms with Crippen molar-refractivity contribution in [3.8, 4) is 0 Å². The minimum atomic E-state index is -0.345. The quantitative estimate of drug-likeness (QED) is 0.784. The maximum Gasteiger partial charge on any atom is 0.254 e. The van der Waals surface area contributed by atoms with Crippen molar-refractivity contribution in [2.45, 2.75) is 25.1 Å². The summed E-state index contributed by atoms with van der Waals surface area (Å²) >= 11 is 5.00. The molecule has 1 aliphatic rings. The number of benzene rings is 1. The molecule has 0 aliphatic carbocycles. The van der Waals surface area contributed by atoms with Gasteiger partial charge in [-0.3, -0.25) is 4.79 Å². The highest BCUT2D eigenvalue weighted by Gasteiger charge is 2.29. The first-order valence-electron chi connectivity index (χ1n) is 5.88. The zero-order valence-electron chi connectivity index (χ0n) is 10.3. The molecule has 0 radical (unpaired) electrons. The Balaban J connectivity index is 2.22. The van der Waals surface area contributed by atoms with Crippen LogP contribution in [0.3, 0.4) is 0 Å². The molecule has 0 spiro atoms. The van der Waals surface area contributed by atoms with Gasteiger partial charge in [0.2, 0.25) is 0 Å². The highest BCUT2D eigenvalue weighted by Crippen LogP contribution is 2.26. The molecule has 2 nitrogen and oxygen atoms in total. The van der Waals surface area contributed by atoms with E-state index in [2.05, 4.69) is 29.8 Å². The summed E-state index contributed by atoms with van der Waals surface area (Å²) in [6.07, 6.45) is 0. The molecular formula is C13H15BrFNOS. The molecule has 1 saturated heterocycles. The standard InChI is InChI=1S/C13H15BrFNOS/c1-8-9(2)18-6-5-16(8)13(17)10-3-4-12(15)11(14)7-10/h3-4,7-9H,5-6H2,1-2H3. The molecule has 0 bridgehead atoms. The lowest BCUT2D eigenvalue weighted by Crippen LogP contribution is -2.47. The van der Waals surface area contributed by atoms with Crippen LogP contribution in [0.1, 0.15) is 24.2 Å². The molecule has 5 heteroatoms. The number of carbonyl (C=O) groups excluding carboxylic acids is 1. The van der Waals surface area contributed by atoms with Crippen molar-refractivity contribution in [2.75, 3.05) is 12.3 Å². The van der Waals surface area contributed by atoms with E-state index >= 15 is 0 Å². The maximum atomic E-state index is 13.2. The summed E-state index contributed by atoms with van der Waals surface area (Å²) in [5.74, 6) is 0.595. The molecule has 2 rings (SSSR count). The molecule has 0 N–H and O–H groups in total. The number of halogens is 2. The lowest BCUT2D eigenvalue weighted by molar-refractivity contribution is 0.0698. The predicted octanol–water partition coefficient (Wildman–Crippen LogP) is 3.55. The highest BCUT2D eigenvalue weighted by atomic mass is 79.9. The van der Waals surface area contributed by atoms with E-state index in [1.807, 2.05) is 16.7 Å². The van der Waals surface area contributed by atoms with E-state index in [1.54, 1.807) is 12.1 Å². The van der Waals surface area contributed by atoms with E-state index in [0.717, 1.165) is 12.3 Å². The van der Waals surface area contributed by atoms with Crippen molar-refractivity contribution in [2.24, 2.45) is 0 Å². The summed E-state index contributed by atoms with van der Waals surface area (Å²) in [5, 5.41) is 0.437. The van der Waals surface area contributed by atoms with Crippen molar-refractivity contribution in [3.63, 3.8) is 0 Å². The van der Waals surface area contributed by atoms with Crippen LogP contribution in [0.15, 0.2) is 22.7 Å². The first kappa shape index (κ1) is 13.9. The van der Waals surface area contributed by atoms with Crippen LogP contribution < -0.4 is 0 Å². The molecule has 1 heterocycles. The molecule has 0 aromatic heterocycles. The maximum absolute atomic E-state index is 13.2. The number of rotatable bonds is 1. The molecule has 2 unspecified atom stereocenters. The second kappa shape index (κ2) is 5.61. The summed E-state index contributed by atoms with van der Waals surface area (Å²) in [4.78, 5) is 14.3. The van der Waals surface area contributed by atoms with Gasteiger partial charge >= 0.3 is 0 Å². The molecule has 1 amide bonds. The van der Waals surface area contributed by atoms with E-state index in [9.17, 15) is 9.18 Å². The normalized spacial score (nSPS) is 24.1. The summed E-state index contributed by atoms with van der Waals surface area (Å²) in [7, 11) is 0. The van der Waals surface area contributed by atoms with Crippen molar-refractivity contribution in [3.05, 3.63) is 34.1 Å². The van der Waals surface area contributed by atoms with Gasteiger partial charge in [-0.05, 0) is 41.1 Å². The number of carbonyl (C=O) groups is 1. The number of hydrogen-bond donors (Lipinski definition) is 0. The molecule has 1 aliphatic heterocycles.